The number of fused-ring (bicyclic) bond motifs is 1. The molecular weight excluding hydrogens is 455 g/mol. The Morgan fingerprint density at radius 2 is 1.78 bits per heavy atom. The Kier molecular flexibility index (Phi) is 10.8. The number of hydrogen-bond donors (Lipinski definition) is 2. The molecule has 0 atom stereocenters. The third-order valence-electron chi connectivity index (χ3n) is 4.31. The summed E-state index contributed by atoms with van der Waals surface area (Å²) in [5.41, 5.74) is 0.943. The molecule has 1 aliphatic heterocycles. The lowest BCUT2D eigenvalue weighted by molar-refractivity contribution is 0.181. The first-order chi connectivity index (χ1) is 12.5. The summed E-state index contributed by atoms with van der Waals surface area (Å²) in [5, 5.41) is 6.67. The maximum atomic E-state index is 5.76. The first-order valence-electron chi connectivity index (χ1n) is 9.72. The van der Waals surface area contributed by atoms with E-state index in [1.165, 1.54) is 0 Å². The Bertz CT molecular complexity index is 585. The van der Waals surface area contributed by atoms with Gasteiger partial charge in [-0.1, -0.05) is 0 Å². The average Bonchev–Trinajstić information content (AvgIpc) is 2.83. The Balaban J connectivity index is 0.00000364. The van der Waals surface area contributed by atoms with Crippen LogP contribution in [-0.2, 0) is 0 Å². The second-order valence-corrected chi connectivity index (χ2v) is 7.02. The molecule has 0 radical (unpaired) electrons. The van der Waals surface area contributed by atoms with Crippen molar-refractivity contribution in [2.24, 2.45) is 4.99 Å². The minimum atomic E-state index is 0. The van der Waals surface area contributed by atoms with Gasteiger partial charge in [0.05, 0.1) is 19.8 Å². The summed E-state index contributed by atoms with van der Waals surface area (Å²) in [5.74, 6) is 2.38. The minimum Gasteiger partial charge on any atom is -0.490 e. The van der Waals surface area contributed by atoms with E-state index in [-0.39, 0.29) is 24.0 Å². The average molecular weight is 490 g/mol. The van der Waals surface area contributed by atoms with Crippen molar-refractivity contribution in [3.8, 4) is 11.5 Å². The number of guanidine groups is 1. The molecule has 1 aromatic rings. The summed E-state index contributed by atoms with van der Waals surface area (Å²) in [6.45, 7) is 14.9. The monoisotopic (exact) mass is 490 g/mol. The van der Waals surface area contributed by atoms with Crippen molar-refractivity contribution in [3.05, 3.63) is 18.2 Å². The molecule has 1 aliphatic rings. The Morgan fingerprint density at radius 3 is 2.41 bits per heavy atom. The predicted octanol–water partition coefficient (Wildman–Crippen LogP) is 3.96. The van der Waals surface area contributed by atoms with Gasteiger partial charge in [-0.3, -0.25) is 9.89 Å². The summed E-state index contributed by atoms with van der Waals surface area (Å²) in [4.78, 5) is 7.17. The third-order valence-corrected chi connectivity index (χ3v) is 4.31. The van der Waals surface area contributed by atoms with Gasteiger partial charge in [0.1, 0.15) is 0 Å². The molecule has 2 rings (SSSR count). The normalized spacial score (nSPS) is 14.1. The van der Waals surface area contributed by atoms with Gasteiger partial charge in [-0.05, 0) is 46.8 Å². The molecule has 0 fully saturated rings. The number of rotatable bonds is 7. The molecule has 6 nitrogen and oxygen atoms in total. The maximum absolute atomic E-state index is 5.76. The molecular formula is C20H35IN4O2. The second kappa shape index (κ2) is 12.3. The van der Waals surface area contributed by atoms with Gasteiger partial charge < -0.3 is 20.1 Å². The van der Waals surface area contributed by atoms with Crippen LogP contribution in [0.2, 0.25) is 0 Å². The van der Waals surface area contributed by atoms with Crippen molar-refractivity contribution < 1.29 is 9.47 Å². The first-order valence-corrected chi connectivity index (χ1v) is 9.72. The van der Waals surface area contributed by atoms with Crippen LogP contribution in [0.4, 0.5) is 5.69 Å². The van der Waals surface area contributed by atoms with Gasteiger partial charge >= 0.3 is 0 Å². The van der Waals surface area contributed by atoms with Crippen LogP contribution >= 0.6 is 24.0 Å². The van der Waals surface area contributed by atoms with E-state index in [4.69, 9.17) is 14.5 Å². The van der Waals surface area contributed by atoms with Gasteiger partial charge in [-0.2, -0.15) is 0 Å². The number of halogens is 1. The highest BCUT2D eigenvalue weighted by Crippen LogP contribution is 2.32. The predicted molar refractivity (Wildman–Crippen MR) is 124 cm³/mol. The number of benzene rings is 1. The summed E-state index contributed by atoms with van der Waals surface area (Å²) in [7, 11) is 0. The van der Waals surface area contributed by atoms with E-state index in [2.05, 4.69) is 50.2 Å². The molecule has 2 N–H and O–H groups in total. The fourth-order valence-corrected chi connectivity index (χ4v) is 3.07. The summed E-state index contributed by atoms with van der Waals surface area (Å²) in [6.07, 6.45) is 0.906. The largest absolute Gasteiger partial charge is 0.490 e. The van der Waals surface area contributed by atoms with E-state index in [1.54, 1.807) is 0 Å². The van der Waals surface area contributed by atoms with Crippen LogP contribution < -0.4 is 20.1 Å². The van der Waals surface area contributed by atoms with Gasteiger partial charge in [0, 0.05) is 43.3 Å². The molecule has 0 aliphatic carbocycles. The first kappa shape index (κ1) is 23.8. The number of hydrogen-bond acceptors (Lipinski definition) is 4. The standard InChI is InChI=1S/C20H34N4O2.HI/c1-6-21-20(22-10-11-24(15(2)3)16(4)5)23-17-8-9-18-19(14-17)26-13-7-12-25-18;/h8-9,14-16H,6-7,10-13H2,1-5H3,(H2,21,22,23);1H. The van der Waals surface area contributed by atoms with Crippen molar-refractivity contribution >= 4 is 35.6 Å². The lowest BCUT2D eigenvalue weighted by Crippen LogP contribution is -2.39. The SMILES string of the molecule is CCNC(=NCCN(C(C)C)C(C)C)Nc1ccc2c(c1)OCCCO2.I. The molecule has 0 saturated heterocycles. The Morgan fingerprint density at radius 1 is 1.11 bits per heavy atom. The van der Waals surface area contributed by atoms with Gasteiger partial charge in [-0.15, -0.1) is 24.0 Å². The fraction of sp³-hybridized carbons (Fsp3) is 0.650. The van der Waals surface area contributed by atoms with Crippen LogP contribution in [0.1, 0.15) is 41.0 Å². The van der Waals surface area contributed by atoms with Crippen LogP contribution in [0, 0.1) is 0 Å². The van der Waals surface area contributed by atoms with Crippen molar-refractivity contribution in [1.29, 1.82) is 0 Å². The summed E-state index contributed by atoms with van der Waals surface area (Å²) < 4.78 is 11.5. The second-order valence-electron chi connectivity index (χ2n) is 7.02. The third kappa shape index (κ3) is 7.73. The van der Waals surface area contributed by atoms with Crippen LogP contribution in [-0.4, -0.2) is 55.8 Å². The zero-order chi connectivity index (χ0) is 18.9. The van der Waals surface area contributed by atoms with Gasteiger partial charge in [0.25, 0.3) is 0 Å². The number of aliphatic imine (C=N–C) groups is 1. The quantitative estimate of drug-likeness (QED) is 0.344. The van der Waals surface area contributed by atoms with E-state index in [1.807, 2.05) is 18.2 Å². The molecule has 0 unspecified atom stereocenters. The smallest absolute Gasteiger partial charge is 0.195 e. The van der Waals surface area contributed by atoms with E-state index in [9.17, 15) is 0 Å². The van der Waals surface area contributed by atoms with Gasteiger partial charge in [-0.25, -0.2) is 0 Å². The minimum absolute atomic E-state index is 0. The van der Waals surface area contributed by atoms with Crippen molar-refractivity contribution in [2.75, 3.05) is 38.2 Å². The lowest BCUT2D eigenvalue weighted by atomic mass is 10.2. The van der Waals surface area contributed by atoms with Crippen molar-refractivity contribution in [3.63, 3.8) is 0 Å². The van der Waals surface area contributed by atoms with Gasteiger partial charge in [0.2, 0.25) is 0 Å². The van der Waals surface area contributed by atoms with E-state index < -0.39 is 0 Å². The van der Waals surface area contributed by atoms with E-state index in [0.717, 1.165) is 49.2 Å². The van der Waals surface area contributed by atoms with Crippen molar-refractivity contribution in [1.82, 2.24) is 10.2 Å². The van der Waals surface area contributed by atoms with E-state index in [0.29, 0.717) is 25.3 Å². The molecule has 0 spiro atoms. The van der Waals surface area contributed by atoms with Crippen LogP contribution in [0.5, 0.6) is 11.5 Å². The molecule has 0 bridgehead atoms. The zero-order valence-corrected chi connectivity index (χ0v) is 19.6. The molecule has 0 aromatic heterocycles. The zero-order valence-electron chi connectivity index (χ0n) is 17.2. The van der Waals surface area contributed by atoms with Crippen LogP contribution in [0.25, 0.3) is 0 Å². The molecule has 0 amide bonds. The topological polar surface area (TPSA) is 58.1 Å². The Hall–Kier alpha value is -1.22. The maximum Gasteiger partial charge on any atom is 0.195 e. The molecule has 0 saturated carbocycles. The summed E-state index contributed by atoms with van der Waals surface area (Å²) in [6, 6.07) is 6.95. The molecule has 1 aromatic carbocycles. The highest BCUT2D eigenvalue weighted by atomic mass is 127. The molecule has 1 heterocycles. The summed E-state index contributed by atoms with van der Waals surface area (Å²) >= 11 is 0. The number of nitrogens with one attached hydrogen (secondary N) is 2. The molecule has 27 heavy (non-hydrogen) atoms. The van der Waals surface area contributed by atoms with Gasteiger partial charge in [0.15, 0.2) is 17.5 Å². The van der Waals surface area contributed by atoms with E-state index >= 15 is 0 Å². The highest BCUT2D eigenvalue weighted by Gasteiger charge is 2.13. The van der Waals surface area contributed by atoms with Crippen molar-refractivity contribution in [2.45, 2.75) is 53.1 Å². The fourth-order valence-electron chi connectivity index (χ4n) is 3.07. The highest BCUT2D eigenvalue weighted by molar-refractivity contribution is 14.0. The lowest BCUT2D eigenvalue weighted by Gasteiger charge is -2.29. The Labute approximate surface area is 181 Å². The van der Waals surface area contributed by atoms with Crippen LogP contribution in [0.15, 0.2) is 23.2 Å². The number of anilines is 1. The molecule has 154 valence electrons. The van der Waals surface area contributed by atoms with Crippen LogP contribution in [0.3, 0.4) is 0 Å². The number of nitrogens with zero attached hydrogens (tertiary/aromatic N) is 2. The molecule has 7 heteroatoms. The number of ether oxygens (including phenoxy) is 2.